The maximum Gasteiger partial charge on any atom is 0.251 e. The van der Waals surface area contributed by atoms with Gasteiger partial charge < -0.3 is 15.5 Å². The van der Waals surface area contributed by atoms with Crippen molar-refractivity contribution in [2.24, 2.45) is 0 Å². The second kappa shape index (κ2) is 8.47. The molecule has 3 rings (SSSR count). The number of halogens is 1. The zero-order valence-corrected chi connectivity index (χ0v) is 14.5. The zero-order chi connectivity index (χ0) is 18.4. The molecule has 1 heterocycles. The molecule has 6 heteroatoms. The van der Waals surface area contributed by atoms with E-state index in [1.807, 2.05) is 24.3 Å². The standard InChI is InChI=1S/C20H22FN3O2/c21-16-6-4-15(5-7-16)20(26)22-14-19(25)23-17-8-10-18(11-9-17)24-12-2-1-3-13-24/h4-11H,1-3,12-14H2,(H,22,26)(H,23,25). The number of piperidine rings is 1. The van der Waals surface area contributed by atoms with Crippen molar-refractivity contribution in [1.29, 1.82) is 0 Å². The Morgan fingerprint density at radius 1 is 0.923 bits per heavy atom. The minimum absolute atomic E-state index is 0.149. The molecule has 0 bridgehead atoms. The van der Waals surface area contributed by atoms with E-state index in [1.165, 1.54) is 43.5 Å². The summed E-state index contributed by atoms with van der Waals surface area (Å²) in [5, 5.41) is 5.28. The van der Waals surface area contributed by atoms with Gasteiger partial charge in [0.25, 0.3) is 5.91 Å². The molecule has 1 aliphatic rings. The number of carbonyl (C=O) groups is 2. The number of hydrogen-bond acceptors (Lipinski definition) is 3. The molecule has 1 saturated heterocycles. The minimum atomic E-state index is -0.416. The van der Waals surface area contributed by atoms with Crippen LogP contribution < -0.4 is 15.5 Å². The molecule has 0 radical (unpaired) electrons. The summed E-state index contributed by atoms with van der Waals surface area (Å²) < 4.78 is 12.9. The van der Waals surface area contributed by atoms with Crippen molar-refractivity contribution < 1.29 is 14.0 Å². The largest absolute Gasteiger partial charge is 0.372 e. The number of carbonyl (C=O) groups excluding carboxylic acids is 2. The van der Waals surface area contributed by atoms with Crippen molar-refractivity contribution in [3.63, 3.8) is 0 Å². The molecule has 0 spiro atoms. The molecular weight excluding hydrogens is 333 g/mol. The highest BCUT2D eigenvalue weighted by Gasteiger charge is 2.11. The van der Waals surface area contributed by atoms with Crippen molar-refractivity contribution in [3.05, 3.63) is 59.9 Å². The van der Waals surface area contributed by atoms with Gasteiger partial charge in [0.2, 0.25) is 5.91 Å². The van der Waals surface area contributed by atoms with Gasteiger partial charge in [-0.05, 0) is 67.8 Å². The van der Waals surface area contributed by atoms with Crippen LogP contribution in [0, 0.1) is 5.82 Å². The van der Waals surface area contributed by atoms with Crippen molar-refractivity contribution >= 4 is 23.2 Å². The van der Waals surface area contributed by atoms with Gasteiger partial charge in [-0.15, -0.1) is 0 Å². The third-order valence-corrected chi connectivity index (χ3v) is 4.39. The summed E-state index contributed by atoms with van der Waals surface area (Å²) in [5.41, 5.74) is 2.16. The maximum absolute atomic E-state index is 12.9. The average Bonchev–Trinajstić information content (AvgIpc) is 2.68. The van der Waals surface area contributed by atoms with Crippen LogP contribution in [-0.4, -0.2) is 31.4 Å². The van der Waals surface area contributed by atoms with Crippen LogP contribution in [-0.2, 0) is 4.79 Å². The van der Waals surface area contributed by atoms with Gasteiger partial charge in [0.15, 0.2) is 0 Å². The number of benzene rings is 2. The first-order chi connectivity index (χ1) is 12.6. The smallest absolute Gasteiger partial charge is 0.251 e. The molecule has 0 aliphatic carbocycles. The maximum atomic E-state index is 12.9. The van der Waals surface area contributed by atoms with E-state index in [9.17, 15) is 14.0 Å². The molecule has 2 N–H and O–H groups in total. The van der Waals surface area contributed by atoms with Crippen molar-refractivity contribution in [2.45, 2.75) is 19.3 Å². The number of rotatable bonds is 5. The highest BCUT2D eigenvalue weighted by molar-refractivity contribution is 5.99. The molecule has 2 aromatic rings. The summed E-state index contributed by atoms with van der Waals surface area (Å²) >= 11 is 0. The van der Waals surface area contributed by atoms with Crippen molar-refractivity contribution in [3.8, 4) is 0 Å². The average molecular weight is 355 g/mol. The molecule has 2 aromatic carbocycles. The second-order valence-electron chi connectivity index (χ2n) is 6.33. The zero-order valence-electron chi connectivity index (χ0n) is 14.5. The number of hydrogen-bond donors (Lipinski definition) is 2. The summed E-state index contributed by atoms with van der Waals surface area (Å²) in [6.07, 6.45) is 3.72. The van der Waals surface area contributed by atoms with Gasteiger partial charge in [-0.1, -0.05) is 0 Å². The monoisotopic (exact) mass is 355 g/mol. The molecule has 1 fully saturated rings. The highest BCUT2D eigenvalue weighted by Crippen LogP contribution is 2.21. The predicted octanol–water partition coefficient (Wildman–Crippen LogP) is 3.18. The van der Waals surface area contributed by atoms with E-state index >= 15 is 0 Å². The molecule has 0 saturated carbocycles. The van der Waals surface area contributed by atoms with E-state index < -0.39 is 11.7 Å². The van der Waals surface area contributed by atoms with Gasteiger partial charge >= 0.3 is 0 Å². The number of amides is 2. The Balaban J connectivity index is 1.48. The lowest BCUT2D eigenvalue weighted by molar-refractivity contribution is -0.115. The second-order valence-corrected chi connectivity index (χ2v) is 6.33. The third kappa shape index (κ3) is 4.81. The quantitative estimate of drug-likeness (QED) is 0.866. The lowest BCUT2D eigenvalue weighted by Gasteiger charge is -2.28. The summed E-state index contributed by atoms with van der Waals surface area (Å²) in [4.78, 5) is 26.3. The van der Waals surface area contributed by atoms with Crippen LogP contribution in [0.5, 0.6) is 0 Å². The molecule has 2 amide bonds. The third-order valence-electron chi connectivity index (χ3n) is 4.39. The van der Waals surface area contributed by atoms with Crippen LogP contribution in [0.25, 0.3) is 0 Å². The molecule has 0 aromatic heterocycles. The Morgan fingerprint density at radius 3 is 2.23 bits per heavy atom. The fourth-order valence-electron chi connectivity index (χ4n) is 2.98. The van der Waals surface area contributed by atoms with Gasteiger partial charge in [-0.25, -0.2) is 4.39 Å². The number of nitrogens with zero attached hydrogens (tertiary/aromatic N) is 1. The van der Waals surface area contributed by atoms with Crippen LogP contribution in [0.3, 0.4) is 0 Å². The Kier molecular flexibility index (Phi) is 5.84. The minimum Gasteiger partial charge on any atom is -0.372 e. The molecule has 26 heavy (non-hydrogen) atoms. The molecule has 1 aliphatic heterocycles. The van der Waals surface area contributed by atoms with Gasteiger partial charge in [0.1, 0.15) is 5.82 Å². The summed E-state index contributed by atoms with van der Waals surface area (Å²) in [6, 6.07) is 12.9. The number of anilines is 2. The van der Waals surface area contributed by atoms with E-state index in [-0.39, 0.29) is 12.5 Å². The van der Waals surface area contributed by atoms with Crippen LogP contribution in [0.2, 0.25) is 0 Å². The van der Waals surface area contributed by atoms with Gasteiger partial charge in [-0.3, -0.25) is 9.59 Å². The fraction of sp³-hybridized carbons (Fsp3) is 0.300. The molecule has 0 atom stereocenters. The van der Waals surface area contributed by atoms with E-state index in [1.54, 1.807) is 0 Å². The Labute approximate surface area is 152 Å². The first-order valence-corrected chi connectivity index (χ1v) is 8.80. The SMILES string of the molecule is O=C(CNC(=O)c1ccc(F)cc1)Nc1ccc(N2CCCCC2)cc1. The van der Waals surface area contributed by atoms with E-state index in [2.05, 4.69) is 15.5 Å². The topological polar surface area (TPSA) is 61.4 Å². The molecular formula is C20H22FN3O2. The predicted molar refractivity (Wildman–Crippen MR) is 99.9 cm³/mol. The first-order valence-electron chi connectivity index (χ1n) is 8.80. The first kappa shape index (κ1) is 17.9. The normalized spacial score (nSPS) is 14.0. The van der Waals surface area contributed by atoms with E-state index in [0.29, 0.717) is 11.3 Å². The van der Waals surface area contributed by atoms with E-state index in [4.69, 9.17) is 0 Å². The van der Waals surface area contributed by atoms with Crippen LogP contribution in [0.4, 0.5) is 15.8 Å². The van der Waals surface area contributed by atoms with Crippen LogP contribution >= 0.6 is 0 Å². The molecule has 5 nitrogen and oxygen atoms in total. The fourth-order valence-corrected chi connectivity index (χ4v) is 2.98. The summed E-state index contributed by atoms with van der Waals surface area (Å²) in [6.45, 7) is 1.99. The number of nitrogens with one attached hydrogen (secondary N) is 2. The lowest BCUT2D eigenvalue weighted by Crippen LogP contribution is -2.32. The van der Waals surface area contributed by atoms with Gasteiger partial charge in [0, 0.05) is 30.0 Å². The van der Waals surface area contributed by atoms with Crippen molar-refractivity contribution in [2.75, 3.05) is 29.9 Å². The van der Waals surface area contributed by atoms with E-state index in [0.717, 1.165) is 18.8 Å². The summed E-state index contributed by atoms with van der Waals surface area (Å²) in [5.74, 6) is -1.14. The van der Waals surface area contributed by atoms with Crippen molar-refractivity contribution in [1.82, 2.24) is 5.32 Å². The Hall–Kier alpha value is -2.89. The highest BCUT2D eigenvalue weighted by atomic mass is 19.1. The Morgan fingerprint density at radius 2 is 1.58 bits per heavy atom. The molecule has 136 valence electrons. The lowest BCUT2D eigenvalue weighted by atomic mass is 10.1. The molecule has 0 unspecified atom stereocenters. The van der Waals surface area contributed by atoms with Gasteiger partial charge in [0.05, 0.1) is 6.54 Å². The Bertz CT molecular complexity index is 754. The van der Waals surface area contributed by atoms with Crippen LogP contribution in [0.15, 0.2) is 48.5 Å². The van der Waals surface area contributed by atoms with Gasteiger partial charge in [-0.2, -0.15) is 0 Å². The van der Waals surface area contributed by atoms with Crippen LogP contribution in [0.1, 0.15) is 29.6 Å². The summed E-state index contributed by atoms with van der Waals surface area (Å²) in [7, 11) is 0.